The molecule has 178 valence electrons. The molecule has 0 unspecified atom stereocenters. The minimum absolute atomic E-state index is 0.133. The maximum atomic E-state index is 13.0. The number of piperazine rings is 1. The normalized spacial score (nSPS) is 16.8. The Balaban J connectivity index is 1.41. The topological polar surface area (TPSA) is 79.7 Å². The third-order valence-corrected chi connectivity index (χ3v) is 5.72. The Morgan fingerprint density at radius 3 is 2.55 bits per heavy atom. The van der Waals surface area contributed by atoms with Crippen LogP contribution in [0, 0.1) is 6.92 Å². The van der Waals surface area contributed by atoms with Crippen LogP contribution in [0.3, 0.4) is 0 Å². The third-order valence-electron chi connectivity index (χ3n) is 5.72. The zero-order valence-corrected chi connectivity index (χ0v) is 18.3. The summed E-state index contributed by atoms with van der Waals surface area (Å²) in [5.41, 5.74) is 1.02. The van der Waals surface area contributed by atoms with Crippen LogP contribution >= 0.6 is 0 Å². The zero-order valence-electron chi connectivity index (χ0n) is 18.3. The van der Waals surface area contributed by atoms with Gasteiger partial charge in [-0.15, -0.1) is 0 Å². The molecule has 0 radical (unpaired) electrons. The largest absolute Gasteiger partial charge is 0.445 e. The molecule has 2 aliphatic heterocycles. The number of aryl methyl sites for hydroxylation is 2. The van der Waals surface area contributed by atoms with Gasteiger partial charge in [0.1, 0.15) is 6.61 Å². The quantitative estimate of drug-likeness (QED) is 0.754. The number of nitrogens with one attached hydrogen (secondary N) is 1. The number of amides is 2. The minimum atomic E-state index is -4.46. The van der Waals surface area contributed by atoms with Gasteiger partial charge in [-0.3, -0.25) is 9.48 Å². The molecule has 8 nitrogen and oxygen atoms in total. The van der Waals surface area contributed by atoms with Gasteiger partial charge < -0.3 is 19.9 Å². The van der Waals surface area contributed by atoms with Gasteiger partial charge in [-0.2, -0.15) is 18.3 Å². The van der Waals surface area contributed by atoms with Crippen LogP contribution in [-0.4, -0.2) is 64.3 Å². The van der Waals surface area contributed by atoms with Crippen molar-refractivity contribution < 1.29 is 27.5 Å². The van der Waals surface area contributed by atoms with Gasteiger partial charge in [-0.1, -0.05) is 11.6 Å². The molecule has 1 aromatic carbocycles. The molecule has 0 aliphatic carbocycles. The number of hydrogen-bond acceptors (Lipinski definition) is 5. The predicted octanol–water partition coefficient (Wildman–Crippen LogP) is 2.80. The number of nitrogens with zero attached hydrogens (tertiary/aromatic N) is 4. The lowest BCUT2D eigenvalue weighted by Gasteiger charge is -2.26. The predicted molar refractivity (Wildman–Crippen MR) is 112 cm³/mol. The number of carbonyl (C=O) groups is 2. The van der Waals surface area contributed by atoms with Crippen LogP contribution in [0.15, 0.2) is 24.3 Å². The van der Waals surface area contributed by atoms with E-state index in [2.05, 4.69) is 10.4 Å². The molecule has 33 heavy (non-hydrogen) atoms. The van der Waals surface area contributed by atoms with Gasteiger partial charge in [0.05, 0.1) is 17.8 Å². The van der Waals surface area contributed by atoms with Crippen molar-refractivity contribution in [3.8, 4) is 0 Å². The van der Waals surface area contributed by atoms with E-state index in [9.17, 15) is 22.8 Å². The molecule has 0 atom stereocenters. The SMILES string of the molecule is Cc1cc(COC(=O)N2CCCn3nc(C(=O)N4CCNCC4)cc3C2)cc(C(F)(F)F)c1. The summed E-state index contributed by atoms with van der Waals surface area (Å²) in [6.07, 6.45) is -4.46. The summed E-state index contributed by atoms with van der Waals surface area (Å²) >= 11 is 0. The van der Waals surface area contributed by atoms with E-state index in [4.69, 9.17) is 4.74 Å². The van der Waals surface area contributed by atoms with E-state index in [1.807, 2.05) is 0 Å². The lowest BCUT2D eigenvalue weighted by molar-refractivity contribution is -0.137. The summed E-state index contributed by atoms with van der Waals surface area (Å²) in [5.74, 6) is -0.133. The molecule has 0 bridgehead atoms. The van der Waals surface area contributed by atoms with Crippen molar-refractivity contribution >= 4 is 12.0 Å². The molecule has 2 aliphatic rings. The fraction of sp³-hybridized carbons (Fsp3) is 0.500. The Hall–Kier alpha value is -3.08. The molecule has 4 rings (SSSR count). The average molecular weight is 465 g/mol. The molecular formula is C22H26F3N5O3. The molecule has 1 fully saturated rings. The monoisotopic (exact) mass is 465 g/mol. The second kappa shape index (κ2) is 9.42. The number of hydrogen-bond donors (Lipinski definition) is 1. The van der Waals surface area contributed by atoms with E-state index >= 15 is 0 Å². The Kier molecular flexibility index (Phi) is 6.59. The first-order valence-corrected chi connectivity index (χ1v) is 10.9. The van der Waals surface area contributed by atoms with Gasteiger partial charge in [0.15, 0.2) is 5.69 Å². The fourth-order valence-electron chi connectivity index (χ4n) is 4.10. The van der Waals surface area contributed by atoms with Gasteiger partial charge in [-0.05, 0) is 37.1 Å². The van der Waals surface area contributed by atoms with Gasteiger partial charge in [-0.25, -0.2) is 4.79 Å². The summed E-state index contributed by atoms with van der Waals surface area (Å²) < 4.78 is 46.2. The molecule has 1 N–H and O–H groups in total. The van der Waals surface area contributed by atoms with Crippen LogP contribution in [0.4, 0.5) is 18.0 Å². The first-order chi connectivity index (χ1) is 15.7. The number of rotatable bonds is 3. The molecule has 1 aromatic heterocycles. The number of benzene rings is 1. The first-order valence-electron chi connectivity index (χ1n) is 10.9. The van der Waals surface area contributed by atoms with E-state index in [0.717, 1.165) is 30.9 Å². The fourth-order valence-corrected chi connectivity index (χ4v) is 4.10. The van der Waals surface area contributed by atoms with Crippen molar-refractivity contribution in [1.82, 2.24) is 24.9 Å². The average Bonchev–Trinajstić information content (AvgIpc) is 3.08. The van der Waals surface area contributed by atoms with Gasteiger partial charge in [0.25, 0.3) is 5.91 Å². The Bertz CT molecular complexity index is 1030. The molecule has 0 spiro atoms. The highest BCUT2D eigenvalue weighted by Crippen LogP contribution is 2.30. The number of carbonyl (C=O) groups excluding carboxylic acids is 2. The van der Waals surface area contributed by atoms with Crippen molar-refractivity contribution in [3.05, 3.63) is 52.3 Å². The van der Waals surface area contributed by atoms with E-state index < -0.39 is 17.8 Å². The van der Waals surface area contributed by atoms with Crippen molar-refractivity contribution in [2.75, 3.05) is 32.7 Å². The Labute approximate surface area is 189 Å². The molecule has 3 heterocycles. The maximum absolute atomic E-state index is 13.0. The van der Waals surface area contributed by atoms with Crippen LogP contribution in [0.25, 0.3) is 0 Å². The molecular weight excluding hydrogens is 439 g/mol. The van der Waals surface area contributed by atoms with Crippen molar-refractivity contribution in [3.63, 3.8) is 0 Å². The smallest absolute Gasteiger partial charge is 0.416 e. The molecule has 2 aromatic rings. The van der Waals surface area contributed by atoms with Crippen LogP contribution < -0.4 is 5.32 Å². The standard InChI is InChI=1S/C22H26F3N5O3/c1-15-9-16(11-17(10-15)22(23,24)25)14-33-21(32)29-5-2-6-30-18(13-29)12-19(27-30)20(31)28-7-3-26-4-8-28/h9-12,26H,2-8,13-14H2,1H3. The lowest BCUT2D eigenvalue weighted by Crippen LogP contribution is -2.46. The minimum Gasteiger partial charge on any atom is -0.445 e. The van der Waals surface area contributed by atoms with Gasteiger partial charge in [0.2, 0.25) is 0 Å². The van der Waals surface area contributed by atoms with Crippen LogP contribution in [0.1, 0.15) is 39.3 Å². The van der Waals surface area contributed by atoms with Crippen LogP contribution in [0.2, 0.25) is 0 Å². The van der Waals surface area contributed by atoms with E-state index in [1.165, 1.54) is 4.90 Å². The highest BCUT2D eigenvalue weighted by Gasteiger charge is 2.31. The molecule has 0 saturated carbocycles. The number of fused-ring (bicyclic) bond motifs is 1. The Morgan fingerprint density at radius 2 is 1.82 bits per heavy atom. The molecule has 1 saturated heterocycles. The van der Waals surface area contributed by atoms with Gasteiger partial charge in [0, 0.05) is 39.3 Å². The number of alkyl halides is 3. The van der Waals surface area contributed by atoms with Crippen LogP contribution in [0.5, 0.6) is 0 Å². The highest BCUT2D eigenvalue weighted by molar-refractivity contribution is 5.92. The summed E-state index contributed by atoms with van der Waals surface area (Å²) in [6, 6.07) is 5.31. The summed E-state index contributed by atoms with van der Waals surface area (Å²) in [7, 11) is 0. The number of ether oxygens (including phenoxy) is 1. The van der Waals surface area contributed by atoms with Crippen LogP contribution in [-0.2, 0) is 30.6 Å². The lowest BCUT2D eigenvalue weighted by atomic mass is 10.1. The molecule has 11 heteroatoms. The number of halogens is 3. The number of aromatic nitrogens is 2. The van der Waals surface area contributed by atoms with Crippen molar-refractivity contribution in [2.45, 2.75) is 39.2 Å². The van der Waals surface area contributed by atoms with E-state index in [-0.39, 0.29) is 24.6 Å². The second-order valence-electron chi connectivity index (χ2n) is 8.32. The molecule has 2 amide bonds. The highest BCUT2D eigenvalue weighted by atomic mass is 19.4. The van der Waals surface area contributed by atoms with Crippen molar-refractivity contribution in [1.29, 1.82) is 0 Å². The van der Waals surface area contributed by atoms with Gasteiger partial charge >= 0.3 is 12.3 Å². The van der Waals surface area contributed by atoms with E-state index in [0.29, 0.717) is 43.9 Å². The summed E-state index contributed by atoms with van der Waals surface area (Å²) in [5, 5.41) is 7.64. The summed E-state index contributed by atoms with van der Waals surface area (Å²) in [6.45, 7) is 5.22. The Morgan fingerprint density at radius 1 is 1.06 bits per heavy atom. The zero-order chi connectivity index (χ0) is 23.6. The maximum Gasteiger partial charge on any atom is 0.416 e. The van der Waals surface area contributed by atoms with E-state index in [1.54, 1.807) is 28.6 Å². The first kappa shape index (κ1) is 23.1. The van der Waals surface area contributed by atoms with Crippen molar-refractivity contribution in [2.24, 2.45) is 0 Å². The second-order valence-corrected chi connectivity index (χ2v) is 8.32. The summed E-state index contributed by atoms with van der Waals surface area (Å²) in [4.78, 5) is 28.6. The third kappa shape index (κ3) is 5.47.